The summed E-state index contributed by atoms with van der Waals surface area (Å²) in [5, 5.41) is 16.8. The quantitative estimate of drug-likeness (QED) is 0.596. The third-order valence-electron chi connectivity index (χ3n) is 1.31. The average molecular weight is 192 g/mol. The molecule has 0 heterocycles. The minimum atomic E-state index is -3.53. The molecule has 0 fully saturated rings. The van der Waals surface area contributed by atoms with Crippen LogP contribution in [-0.2, 0) is 10.0 Å². The van der Waals surface area contributed by atoms with Crippen LogP contribution in [0.2, 0.25) is 0 Å². The largest absolute Gasteiger partial charge is 0.395 e. The number of sulfonamides is 1. The van der Waals surface area contributed by atoms with Crippen molar-refractivity contribution in [2.24, 2.45) is 0 Å². The van der Waals surface area contributed by atoms with Crippen LogP contribution in [0.15, 0.2) is 0 Å². The van der Waals surface area contributed by atoms with Gasteiger partial charge >= 0.3 is 0 Å². The zero-order valence-corrected chi connectivity index (χ0v) is 7.63. The summed E-state index contributed by atoms with van der Waals surface area (Å²) in [6.07, 6.45) is 0.501. The summed E-state index contributed by atoms with van der Waals surface area (Å²) in [6, 6.07) is 1.05. The van der Waals surface area contributed by atoms with E-state index in [2.05, 4.69) is 4.72 Å². The van der Waals surface area contributed by atoms with Crippen molar-refractivity contribution in [1.29, 1.82) is 5.26 Å². The minimum absolute atomic E-state index is 0.249. The number of nitrogens with one attached hydrogen (secondary N) is 1. The number of aliphatic hydroxyl groups is 1. The van der Waals surface area contributed by atoms with Gasteiger partial charge < -0.3 is 5.11 Å². The van der Waals surface area contributed by atoms with Gasteiger partial charge in [0.15, 0.2) is 5.75 Å². The molecule has 0 aromatic rings. The zero-order valence-electron chi connectivity index (χ0n) is 6.82. The Morgan fingerprint density at radius 1 is 1.67 bits per heavy atom. The molecular weight excluding hydrogens is 180 g/mol. The molecule has 2 N–H and O–H groups in total. The van der Waals surface area contributed by atoms with Gasteiger partial charge in [-0.15, -0.1) is 0 Å². The van der Waals surface area contributed by atoms with Gasteiger partial charge in [0.25, 0.3) is 0 Å². The molecule has 0 aromatic heterocycles. The number of nitriles is 1. The minimum Gasteiger partial charge on any atom is -0.395 e. The number of aliphatic hydroxyl groups excluding tert-OH is 1. The van der Waals surface area contributed by atoms with Crippen molar-refractivity contribution in [1.82, 2.24) is 4.72 Å². The Kier molecular flexibility index (Phi) is 4.81. The smallest absolute Gasteiger partial charge is 0.225 e. The first kappa shape index (κ1) is 11.4. The van der Waals surface area contributed by atoms with E-state index < -0.39 is 21.8 Å². The predicted molar refractivity (Wildman–Crippen MR) is 43.7 cm³/mol. The normalized spacial score (nSPS) is 13.8. The molecule has 0 bridgehead atoms. The highest BCUT2D eigenvalue weighted by atomic mass is 32.2. The SMILES string of the molecule is CC[C@H](CO)NS(=O)(=O)CC#N. The van der Waals surface area contributed by atoms with Crippen molar-refractivity contribution in [2.45, 2.75) is 19.4 Å². The van der Waals surface area contributed by atoms with E-state index in [9.17, 15) is 8.42 Å². The predicted octanol–water partition coefficient (Wildman–Crippen LogP) is -0.800. The fourth-order valence-electron chi connectivity index (χ4n) is 0.630. The molecule has 0 aliphatic rings. The van der Waals surface area contributed by atoms with Crippen LogP contribution < -0.4 is 4.72 Å². The molecule has 0 unspecified atom stereocenters. The standard InChI is InChI=1S/C6H12N2O3S/c1-2-6(5-9)8-12(10,11)4-3-7/h6,8-9H,2,4-5H2,1H3/t6-/m1/s1. The van der Waals surface area contributed by atoms with Gasteiger partial charge in [0, 0.05) is 6.04 Å². The molecule has 0 saturated carbocycles. The fraction of sp³-hybridized carbons (Fsp3) is 0.833. The average Bonchev–Trinajstić information content (AvgIpc) is 2.00. The van der Waals surface area contributed by atoms with Crippen molar-refractivity contribution >= 4 is 10.0 Å². The highest BCUT2D eigenvalue weighted by molar-refractivity contribution is 7.89. The molecule has 70 valence electrons. The summed E-state index contributed by atoms with van der Waals surface area (Å²) in [7, 11) is -3.53. The van der Waals surface area contributed by atoms with Gasteiger partial charge in [-0.1, -0.05) is 6.92 Å². The highest BCUT2D eigenvalue weighted by Gasteiger charge is 2.14. The molecule has 12 heavy (non-hydrogen) atoms. The Balaban J connectivity index is 4.15. The second-order valence-corrected chi connectivity index (χ2v) is 4.08. The third kappa shape index (κ3) is 4.28. The highest BCUT2D eigenvalue weighted by Crippen LogP contribution is 1.93. The molecule has 0 amide bonds. The van der Waals surface area contributed by atoms with Crippen molar-refractivity contribution < 1.29 is 13.5 Å². The molecule has 0 rings (SSSR count). The van der Waals surface area contributed by atoms with E-state index in [0.29, 0.717) is 6.42 Å². The van der Waals surface area contributed by atoms with Crippen LogP contribution in [0.5, 0.6) is 0 Å². The number of nitrogens with zero attached hydrogens (tertiary/aromatic N) is 1. The Morgan fingerprint density at radius 3 is 2.58 bits per heavy atom. The monoisotopic (exact) mass is 192 g/mol. The topological polar surface area (TPSA) is 90.2 Å². The summed E-state index contributed by atoms with van der Waals surface area (Å²) in [5.74, 6) is -0.566. The molecule has 0 aliphatic carbocycles. The Labute approximate surface area is 72.1 Å². The van der Waals surface area contributed by atoms with Crippen LogP contribution in [0.3, 0.4) is 0 Å². The summed E-state index contributed by atoms with van der Waals surface area (Å²) in [5.41, 5.74) is 0. The van der Waals surface area contributed by atoms with E-state index in [4.69, 9.17) is 10.4 Å². The number of hydrogen-bond acceptors (Lipinski definition) is 4. The van der Waals surface area contributed by atoms with E-state index in [1.807, 2.05) is 0 Å². The van der Waals surface area contributed by atoms with Gasteiger partial charge in [-0.05, 0) is 6.42 Å². The van der Waals surface area contributed by atoms with Gasteiger partial charge in [0.05, 0.1) is 12.7 Å². The first-order valence-corrected chi connectivity index (χ1v) is 5.18. The van der Waals surface area contributed by atoms with Gasteiger partial charge in [-0.2, -0.15) is 5.26 Å². The molecule has 0 spiro atoms. The zero-order chi connectivity index (χ0) is 9.61. The van der Waals surface area contributed by atoms with Gasteiger partial charge in [-0.3, -0.25) is 0 Å². The summed E-state index contributed by atoms with van der Waals surface area (Å²) in [4.78, 5) is 0. The molecule has 5 nitrogen and oxygen atoms in total. The van der Waals surface area contributed by atoms with Crippen LogP contribution in [0.1, 0.15) is 13.3 Å². The molecule has 0 saturated heterocycles. The summed E-state index contributed by atoms with van der Waals surface area (Å²) >= 11 is 0. The molecule has 1 atom stereocenters. The van der Waals surface area contributed by atoms with Gasteiger partial charge in [0.2, 0.25) is 10.0 Å². The second kappa shape index (κ2) is 5.09. The maximum absolute atomic E-state index is 10.9. The van der Waals surface area contributed by atoms with E-state index in [0.717, 1.165) is 0 Å². The number of hydrogen-bond donors (Lipinski definition) is 2. The van der Waals surface area contributed by atoms with Gasteiger partial charge in [0.1, 0.15) is 0 Å². The molecule has 0 aliphatic heterocycles. The van der Waals surface area contributed by atoms with Gasteiger partial charge in [-0.25, -0.2) is 13.1 Å². The lowest BCUT2D eigenvalue weighted by Crippen LogP contribution is -2.38. The first-order valence-electron chi connectivity index (χ1n) is 3.53. The number of rotatable bonds is 5. The molecule has 0 aromatic carbocycles. The second-order valence-electron chi connectivity index (χ2n) is 2.32. The summed E-state index contributed by atoms with van der Waals surface area (Å²) in [6.45, 7) is 1.50. The lowest BCUT2D eigenvalue weighted by atomic mass is 10.3. The lowest BCUT2D eigenvalue weighted by Gasteiger charge is -2.11. The van der Waals surface area contributed by atoms with E-state index in [-0.39, 0.29) is 6.61 Å². The van der Waals surface area contributed by atoms with E-state index >= 15 is 0 Å². The van der Waals surface area contributed by atoms with E-state index in [1.54, 1.807) is 6.92 Å². The van der Waals surface area contributed by atoms with Crippen molar-refractivity contribution in [3.05, 3.63) is 0 Å². The van der Waals surface area contributed by atoms with Crippen molar-refractivity contribution in [2.75, 3.05) is 12.4 Å². The van der Waals surface area contributed by atoms with Crippen LogP contribution in [-0.4, -0.2) is 31.9 Å². The Bertz CT molecular complexity index is 250. The third-order valence-corrected chi connectivity index (χ3v) is 2.52. The Morgan fingerprint density at radius 2 is 2.25 bits per heavy atom. The molecular formula is C6H12N2O3S. The van der Waals surface area contributed by atoms with Crippen LogP contribution in [0, 0.1) is 11.3 Å². The lowest BCUT2D eigenvalue weighted by molar-refractivity contribution is 0.254. The van der Waals surface area contributed by atoms with Crippen LogP contribution >= 0.6 is 0 Å². The summed E-state index contributed by atoms with van der Waals surface area (Å²) < 4.78 is 24.0. The van der Waals surface area contributed by atoms with Crippen molar-refractivity contribution in [3.8, 4) is 6.07 Å². The van der Waals surface area contributed by atoms with Crippen LogP contribution in [0.25, 0.3) is 0 Å². The molecule has 6 heteroatoms. The molecule has 0 radical (unpaired) electrons. The first-order chi connectivity index (χ1) is 5.55. The maximum Gasteiger partial charge on any atom is 0.225 e. The fourth-order valence-corrected chi connectivity index (χ4v) is 1.63. The maximum atomic E-state index is 10.9. The van der Waals surface area contributed by atoms with E-state index in [1.165, 1.54) is 6.07 Å². The Hall–Kier alpha value is -0.640. The van der Waals surface area contributed by atoms with Crippen molar-refractivity contribution in [3.63, 3.8) is 0 Å². The van der Waals surface area contributed by atoms with Crippen LogP contribution in [0.4, 0.5) is 0 Å².